The quantitative estimate of drug-likeness (QED) is 0.909. The number of aryl methyl sites for hydroxylation is 1. The van der Waals surface area contributed by atoms with Crippen molar-refractivity contribution < 1.29 is 9.53 Å². The fourth-order valence-electron chi connectivity index (χ4n) is 3.02. The van der Waals surface area contributed by atoms with Gasteiger partial charge in [-0.2, -0.15) is 0 Å². The minimum absolute atomic E-state index is 0.105. The van der Waals surface area contributed by atoms with Crippen LogP contribution in [0.1, 0.15) is 24.0 Å². The largest absolute Gasteiger partial charge is 0.438 e. The third-order valence-corrected chi connectivity index (χ3v) is 4.69. The number of hydrogen-bond acceptors (Lipinski definition) is 4. The maximum Gasteiger partial charge on any atom is 0.224 e. The Morgan fingerprint density at radius 3 is 2.76 bits per heavy atom. The van der Waals surface area contributed by atoms with Crippen molar-refractivity contribution >= 4 is 5.91 Å². The number of nitrogens with zero attached hydrogens (tertiary/aromatic N) is 2. The van der Waals surface area contributed by atoms with E-state index < -0.39 is 0 Å². The number of carbonyl (C=O) groups is 1. The van der Waals surface area contributed by atoms with E-state index in [4.69, 9.17) is 4.74 Å². The highest BCUT2D eigenvalue weighted by molar-refractivity contribution is 5.78. The topological polar surface area (TPSA) is 54.5 Å². The SMILES string of the molecule is Cc1ccccc1Oc1ncccc1CNC(=O)C1CCN(C)CC1. The average Bonchev–Trinajstić information content (AvgIpc) is 2.63. The summed E-state index contributed by atoms with van der Waals surface area (Å²) in [6.45, 7) is 4.39. The van der Waals surface area contributed by atoms with E-state index in [1.54, 1.807) is 6.20 Å². The van der Waals surface area contributed by atoms with Gasteiger partial charge >= 0.3 is 0 Å². The van der Waals surface area contributed by atoms with E-state index in [9.17, 15) is 4.79 Å². The highest BCUT2D eigenvalue weighted by atomic mass is 16.5. The van der Waals surface area contributed by atoms with Crippen LogP contribution in [0.5, 0.6) is 11.6 Å². The maximum absolute atomic E-state index is 12.4. The third-order valence-electron chi connectivity index (χ3n) is 4.69. The number of hydrogen-bond donors (Lipinski definition) is 1. The Morgan fingerprint density at radius 2 is 2.00 bits per heavy atom. The molecule has 1 fully saturated rings. The molecule has 0 unspecified atom stereocenters. The first-order valence-corrected chi connectivity index (χ1v) is 8.77. The predicted molar refractivity (Wildman–Crippen MR) is 97.6 cm³/mol. The minimum Gasteiger partial charge on any atom is -0.438 e. The summed E-state index contributed by atoms with van der Waals surface area (Å²) in [5, 5.41) is 3.05. The molecule has 1 saturated heterocycles. The van der Waals surface area contributed by atoms with Gasteiger partial charge in [-0.15, -0.1) is 0 Å². The molecule has 1 aliphatic heterocycles. The molecule has 132 valence electrons. The summed E-state index contributed by atoms with van der Waals surface area (Å²) in [5.41, 5.74) is 1.93. The number of ether oxygens (including phenoxy) is 1. The zero-order chi connectivity index (χ0) is 17.6. The molecule has 5 nitrogen and oxygen atoms in total. The molecule has 0 aliphatic carbocycles. The molecule has 2 aromatic rings. The first kappa shape index (κ1) is 17.4. The molecular formula is C20H25N3O2. The number of rotatable bonds is 5. The summed E-state index contributed by atoms with van der Waals surface area (Å²) < 4.78 is 5.96. The number of nitrogens with one attached hydrogen (secondary N) is 1. The van der Waals surface area contributed by atoms with Crippen LogP contribution in [-0.4, -0.2) is 35.9 Å². The van der Waals surface area contributed by atoms with Crippen LogP contribution in [0.15, 0.2) is 42.6 Å². The van der Waals surface area contributed by atoms with E-state index in [-0.39, 0.29) is 11.8 Å². The molecular weight excluding hydrogens is 314 g/mol. The number of para-hydroxylation sites is 1. The molecule has 0 bridgehead atoms. The molecule has 1 aromatic heterocycles. The number of likely N-dealkylation sites (tertiary alicyclic amines) is 1. The van der Waals surface area contributed by atoms with Gasteiger partial charge in [-0.1, -0.05) is 24.3 Å². The Hall–Kier alpha value is -2.40. The van der Waals surface area contributed by atoms with Crippen molar-refractivity contribution in [2.45, 2.75) is 26.3 Å². The van der Waals surface area contributed by atoms with Gasteiger partial charge in [-0.05, 0) is 57.6 Å². The Bertz CT molecular complexity index is 724. The van der Waals surface area contributed by atoms with Gasteiger partial charge in [0.2, 0.25) is 11.8 Å². The fourth-order valence-corrected chi connectivity index (χ4v) is 3.02. The van der Waals surface area contributed by atoms with E-state index in [0.29, 0.717) is 12.4 Å². The van der Waals surface area contributed by atoms with Crippen molar-refractivity contribution in [3.05, 3.63) is 53.7 Å². The lowest BCUT2D eigenvalue weighted by Gasteiger charge is -2.28. The number of piperidine rings is 1. The van der Waals surface area contributed by atoms with Crippen molar-refractivity contribution in [3.63, 3.8) is 0 Å². The molecule has 0 atom stereocenters. The number of carbonyl (C=O) groups excluding carboxylic acids is 1. The molecule has 0 radical (unpaired) electrons. The molecule has 1 amide bonds. The number of pyridine rings is 1. The normalized spacial score (nSPS) is 15.8. The van der Waals surface area contributed by atoms with Gasteiger partial charge < -0.3 is 15.0 Å². The van der Waals surface area contributed by atoms with Gasteiger partial charge in [0.25, 0.3) is 0 Å². The highest BCUT2D eigenvalue weighted by Crippen LogP contribution is 2.26. The highest BCUT2D eigenvalue weighted by Gasteiger charge is 2.23. The zero-order valence-corrected chi connectivity index (χ0v) is 14.9. The molecule has 0 saturated carbocycles. The zero-order valence-electron chi connectivity index (χ0n) is 14.9. The van der Waals surface area contributed by atoms with Gasteiger partial charge in [-0.3, -0.25) is 4.79 Å². The summed E-state index contributed by atoms with van der Waals surface area (Å²) in [5.74, 6) is 1.55. The maximum atomic E-state index is 12.4. The second-order valence-electron chi connectivity index (χ2n) is 6.63. The molecule has 25 heavy (non-hydrogen) atoms. The van der Waals surface area contributed by atoms with Gasteiger partial charge in [-0.25, -0.2) is 4.98 Å². The van der Waals surface area contributed by atoms with Crippen LogP contribution < -0.4 is 10.1 Å². The predicted octanol–water partition coefficient (Wildman–Crippen LogP) is 3.14. The van der Waals surface area contributed by atoms with Gasteiger partial charge in [0.05, 0.1) is 0 Å². The fraction of sp³-hybridized carbons (Fsp3) is 0.400. The lowest BCUT2D eigenvalue weighted by atomic mass is 9.96. The van der Waals surface area contributed by atoms with Gasteiger partial charge in [0.1, 0.15) is 5.75 Å². The van der Waals surface area contributed by atoms with Gasteiger partial charge in [0.15, 0.2) is 0 Å². The molecule has 3 rings (SSSR count). The number of aromatic nitrogens is 1. The lowest BCUT2D eigenvalue weighted by molar-refractivity contribution is -0.126. The van der Waals surface area contributed by atoms with E-state index in [1.807, 2.05) is 43.3 Å². The van der Waals surface area contributed by atoms with E-state index in [0.717, 1.165) is 42.8 Å². The monoisotopic (exact) mass is 339 g/mol. The summed E-state index contributed by atoms with van der Waals surface area (Å²) in [4.78, 5) is 19.0. The Kier molecular flexibility index (Phi) is 5.66. The first-order chi connectivity index (χ1) is 12.1. The second-order valence-corrected chi connectivity index (χ2v) is 6.63. The average molecular weight is 339 g/mol. The van der Waals surface area contributed by atoms with Gasteiger partial charge in [0, 0.05) is 24.2 Å². The molecule has 2 heterocycles. The molecule has 1 aromatic carbocycles. The van der Waals surface area contributed by atoms with Crippen LogP contribution in [0.4, 0.5) is 0 Å². The molecule has 1 aliphatic rings. The minimum atomic E-state index is 0.105. The molecule has 5 heteroatoms. The summed E-state index contributed by atoms with van der Waals surface area (Å²) in [7, 11) is 2.10. The Labute approximate surface area is 149 Å². The van der Waals surface area contributed by atoms with Crippen molar-refractivity contribution in [2.24, 2.45) is 5.92 Å². The Morgan fingerprint density at radius 1 is 1.24 bits per heavy atom. The first-order valence-electron chi connectivity index (χ1n) is 8.77. The van der Waals surface area contributed by atoms with Crippen LogP contribution in [0.25, 0.3) is 0 Å². The Balaban J connectivity index is 1.63. The second kappa shape index (κ2) is 8.12. The van der Waals surface area contributed by atoms with Crippen molar-refractivity contribution in [1.29, 1.82) is 0 Å². The lowest BCUT2D eigenvalue weighted by Crippen LogP contribution is -2.38. The summed E-state index contributed by atoms with van der Waals surface area (Å²) >= 11 is 0. The number of amides is 1. The molecule has 1 N–H and O–H groups in total. The van der Waals surface area contributed by atoms with E-state index in [2.05, 4.69) is 22.2 Å². The van der Waals surface area contributed by atoms with Crippen LogP contribution in [-0.2, 0) is 11.3 Å². The third kappa shape index (κ3) is 4.57. The van der Waals surface area contributed by atoms with Crippen molar-refractivity contribution in [1.82, 2.24) is 15.2 Å². The van der Waals surface area contributed by atoms with Crippen LogP contribution in [0, 0.1) is 12.8 Å². The van der Waals surface area contributed by atoms with E-state index >= 15 is 0 Å². The van der Waals surface area contributed by atoms with Crippen molar-refractivity contribution in [3.8, 4) is 11.6 Å². The van der Waals surface area contributed by atoms with Crippen LogP contribution >= 0.6 is 0 Å². The van der Waals surface area contributed by atoms with E-state index in [1.165, 1.54) is 0 Å². The van der Waals surface area contributed by atoms with Crippen LogP contribution in [0.3, 0.4) is 0 Å². The smallest absolute Gasteiger partial charge is 0.224 e. The summed E-state index contributed by atoms with van der Waals surface area (Å²) in [6, 6.07) is 11.6. The standard InChI is InChI=1S/C20H25N3O2/c1-15-6-3-4-8-18(15)25-20-17(7-5-11-21-20)14-22-19(24)16-9-12-23(2)13-10-16/h3-8,11,16H,9-10,12-14H2,1-2H3,(H,22,24). The molecule has 0 spiro atoms. The van der Waals surface area contributed by atoms with Crippen molar-refractivity contribution in [2.75, 3.05) is 20.1 Å². The van der Waals surface area contributed by atoms with Crippen LogP contribution in [0.2, 0.25) is 0 Å². The summed E-state index contributed by atoms with van der Waals surface area (Å²) in [6.07, 6.45) is 3.54. The number of benzene rings is 1.